The van der Waals surface area contributed by atoms with Gasteiger partial charge in [-0.1, -0.05) is 6.42 Å². The monoisotopic (exact) mass is 251 g/mol. The molecule has 2 saturated carbocycles. The van der Waals surface area contributed by atoms with Crippen molar-refractivity contribution in [3.05, 3.63) is 0 Å². The summed E-state index contributed by atoms with van der Waals surface area (Å²) in [5.74, 6) is 1.22. The van der Waals surface area contributed by atoms with E-state index in [9.17, 15) is 0 Å². The summed E-state index contributed by atoms with van der Waals surface area (Å²) in [5.41, 5.74) is 6.37. The molecule has 1 saturated heterocycles. The van der Waals surface area contributed by atoms with Crippen LogP contribution < -0.4 is 11.1 Å². The summed E-state index contributed by atoms with van der Waals surface area (Å²) in [5, 5.41) is 3.27. The van der Waals surface area contributed by atoms with Gasteiger partial charge in [-0.2, -0.15) is 0 Å². The summed E-state index contributed by atoms with van der Waals surface area (Å²) < 4.78 is 5.89. The predicted molar refractivity (Wildman–Crippen MR) is 72.4 cm³/mol. The van der Waals surface area contributed by atoms with Gasteiger partial charge in [-0.25, -0.2) is 4.99 Å². The van der Waals surface area contributed by atoms with Gasteiger partial charge in [-0.15, -0.1) is 0 Å². The normalized spacial score (nSPS) is 37.9. The van der Waals surface area contributed by atoms with Gasteiger partial charge >= 0.3 is 0 Å². The first kappa shape index (κ1) is 12.3. The van der Waals surface area contributed by atoms with Crippen LogP contribution in [-0.4, -0.2) is 30.3 Å². The van der Waals surface area contributed by atoms with Crippen molar-refractivity contribution in [3.8, 4) is 0 Å². The predicted octanol–water partition coefficient (Wildman–Crippen LogP) is 1.65. The molecular formula is C14H25N3O. The number of hydrogen-bond acceptors (Lipinski definition) is 2. The van der Waals surface area contributed by atoms with Crippen LogP contribution in [-0.2, 0) is 4.74 Å². The van der Waals surface area contributed by atoms with Crippen LogP contribution in [0, 0.1) is 11.3 Å². The molecule has 1 aliphatic heterocycles. The molecule has 0 radical (unpaired) electrons. The van der Waals surface area contributed by atoms with Crippen molar-refractivity contribution in [2.75, 3.05) is 6.61 Å². The van der Waals surface area contributed by atoms with Crippen molar-refractivity contribution in [3.63, 3.8) is 0 Å². The maximum absolute atomic E-state index is 6.05. The van der Waals surface area contributed by atoms with Gasteiger partial charge in [0.15, 0.2) is 5.96 Å². The molecule has 2 aliphatic carbocycles. The minimum absolute atomic E-state index is 0.0182. The molecule has 18 heavy (non-hydrogen) atoms. The fourth-order valence-electron chi connectivity index (χ4n) is 3.95. The van der Waals surface area contributed by atoms with E-state index in [0.717, 1.165) is 13.0 Å². The molecule has 3 fully saturated rings. The van der Waals surface area contributed by atoms with Crippen LogP contribution in [0.15, 0.2) is 4.99 Å². The van der Waals surface area contributed by atoms with Crippen LogP contribution in [0.1, 0.15) is 46.5 Å². The number of guanidine groups is 1. The molecule has 0 aromatic rings. The van der Waals surface area contributed by atoms with E-state index in [0.29, 0.717) is 29.4 Å². The van der Waals surface area contributed by atoms with Gasteiger partial charge in [-0.05, 0) is 40.0 Å². The Morgan fingerprint density at radius 1 is 1.39 bits per heavy atom. The second kappa shape index (κ2) is 3.86. The minimum atomic E-state index is -0.0182. The van der Waals surface area contributed by atoms with E-state index in [-0.39, 0.29) is 5.54 Å². The lowest BCUT2D eigenvalue weighted by Gasteiger charge is -2.61. The highest BCUT2D eigenvalue weighted by atomic mass is 16.5. The van der Waals surface area contributed by atoms with Crippen LogP contribution in [0.4, 0.5) is 0 Å². The molecule has 3 unspecified atom stereocenters. The zero-order valence-electron chi connectivity index (χ0n) is 11.7. The van der Waals surface area contributed by atoms with E-state index < -0.39 is 0 Å². The molecule has 0 amide bonds. The van der Waals surface area contributed by atoms with Gasteiger partial charge in [0.05, 0.1) is 12.1 Å². The molecule has 3 atom stereocenters. The fourth-order valence-corrected chi connectivity index (χ4v) is 3.95. The zero-order chi connectivity index (χ0) is 13.0. The van der Waals surface area contributed by atoms with Gasteiger partial charge in [0.1, 0.15) is 0 Å². The maximum Gasteiger partial charge on any atom is 0.189 e. The standard InChI is InChI=1S/C14H25N3O/c1-13(2,3)17-12(15)16-10-9-5-8-18-11(9)14(10)6-4-7-14/h9-11H,4-8H2,1-3H3,(H3,15,16,17). The van der Waals surface area contributed by atoms with Gasteiger partial charge in [-0.3, -0.25) is 0 Å². The number of hydrogen-bond donors (Lipinski definition) is 2. The Labute approximate surface area is 109 Å². The summed E-state index contributed by atoms with van der Waals surface area (Å²) in [6.45, 7) is 7.24. The molecule has 3 aliphatic rings. The summed E-state index contributed by atoms with van der Waals surface area (Å²) in [6, 6.07) is 0.397. The summed E-state index contributed by atoms with van der Waals surface area (Å²) >= 11 is 0. The average Bonchev–Trinajstić information content (AvgIpc) is 2.54. The molecular weight excluding hydrogens is 226 g/mol. The molecule has 0 aromatic heterocycles. The molecule has 3 N–H and O–H groups in total. The smallest absolute Gasteiger partial charge is 0.189 e. The van der Waals surface area contributed by atoms with Crippen molar-refractivity contribution in [1.82, 2.24) is 5.32 Å². The van der Waals surface area contributed by atoms with Crippen molar-refractivity contribution in [2.45, 2.75) is 64.1 Å². The second-order valence-electron chi connectivity index (χ2n) is 7.16. The van der Waals surface area contributed by atoms with E-state index in [1.54, 1.807) is 0 Å². The fraction of sp³-hybridized carbons (Fsp3) is 0.929. The second-order valence-corrected chi connectivity index (χ2v) is 7.16. The Balaban J connectivity index is 1.73. The van der Waals surface area contributed by atoms with Crippen molar-refractivity contribution < 1.29 is 4.74 Å². The Hall–Kier alpha value is -0.770. The molecule has 0 bridgehead atoms. The van der Waals surface area contributed by atoms with Crippen LogP contribution in [0.3, 0.4) is 0 Å². The summed E-state index contributed by atoms with van der Waals surface area (Å²) in [7, 11) is 0. The minimum Gasteiger partial charge on any atom is -0.377 e. The lowest BCUT2D eigenvalue weighted by atomic mass is 9.46. The number of rotatable bonds is 1. The lowest BCUT2D eigenvalue weighted by molar-refractivity contribution is -0.164. The Bertz CT molecular complexity index is 368. The summed E-state index contributed by atoms with van der Waals surface area (Å²) in [6.07, 6.45) is 5.49. The molecule has 4 heteroatoms. The first-order chi connectivity index (χ1) is 8.42. The highest BCUT2D eigenvalue weighted by Crippen LogP contribution is 2.64. The van der Waals surface area contributed by atoms with Crippen molar-refractivity contribution in [1.29, 1.82) is 0 Å². The quantitative estimate of drug-likeness (QED) is 0.550. The molecule has 0 aromatic carbocycles. The topological polar surface area (TPSA) is 59.6 Å². The van der Waals surface area contributed by atoms with Crippen LogP contribution in [0.5, 0.6) is 0 Å². The Morgan fingerprint density at radius 2 is 2.11 bits per heavy atom. The number of nitrogens with zero attached hydrogens (tertiary/aromatic N) is 1. The van der Waals surface area contributed by atoms with E-state index in [4.69, 9.17) is 15.5 Å². The van der Waals surface area contributed by atoms with Gasteiger partial charge < -0.3 is 15.8 Å². The first-order valence-electron chi connectivity index (χ1n) is 7.15. The maximum atomic E-state index is 6.05. The van der Waals surface area contributed by atoms with Gasteiger partial charge in [0, 0.05) is 23.5 Å². The zero-order valence-corrected chi connectivity index (χ0v) is 11.7. The average molecular weight is 251 g/mol. The largest absolute Gasteiger partial charge is 0.377 e. The van der Waals surface area contributed by atoms with E-state index in [2.05, 4.69) is 26.1 Å². The van der Waals surface area contributed by atoms with E-state index >= 15 is 0 Å². The SMILES string of the molecule is CC(C)(C)NC(N)=NC1C2CCOC2C12CCC2. The Kier molecular flexibility index (Phi) is 2.63. The molecule has 1 spiro atoms. The lowest BCUT2D eigenvalue weighted by Crippen LogP contribution is -2.66. The number of aliphatic imine (C=N–C) groups is 1. The third kappa shape index (κ3) is 1.73. The van der Waals surface area contributed by atoms with Crippen LogP contribution in [0.25, 0.3) is 0 Å². The van der Waals surface area contributed by atoms with Crippen LogP contribution in [0.2, 0.25) is 0 Å². The number of fused-ring (bicyclic) bond motifs is 2. The van der Waals surface area contributed by atoms with E-state index in [1.807, 2.05) is 0 Å². The highest BCUT2D eigenvalue weighted by Gasteiger charge is 2.66. The van der Waals surface area contributed by atoms with Crippen molar-refractivity contribution >= 4 is 5.96 Å². The van der Waals surface area contributed by atoms with Crippen molar-refractivity contribution in [2.24, 2.45) is 22.1 Å². The molecule has 1 heterocycles. The number of nitrogens with two attached hydrogens (primary N) is 1. The molecule has 4 nitrogen and oxygen atoms in total. The third-order valence-corrected chi connectivity index (χ3v) is 4.76. The summed E-state index contributed by atoms with van der Waals surface area (Å²) in [4.78, 5) is 4.79. The Morgan fingerprint density at radius 3 is 2.67 bits per heavy atom. The third-order valence-electron chi connectivity index (χ3n) is 4.76. The van der Waals surface area contributed by atoms with Gasteiger partial charge in [0.2, 0.25) is 0 Å². The highest BCUT2D eigenvalue weighted by molar-refractivity contribution is 5.79. The number of ether oxygens (including phenoxy) is 1. The van der Waals surface area contributed by atoms with E-state index in [1.165, 1.54) is 19.3 Å². The molecule has 3 rings (SSSR count). The van der Waals surface area contributed by atoms with Gasteiger partial charge in [0.25, 0.3) is 0 Å². The molecule has 102 valence electrons. The first-order valence-corrected chi connectivity index (χ1v) is 7.15. The number of nitrogens with one attached hydrogen (secondary N) is 1. The van der Waals surface area contributed by atoms with Crippen LogP contribution >= 0.6 is 0 Å².